The van der Waals surface area contributed by atoms with Gasteiger partial charge in [0.1, 0.15) is 41.8 Å². The average molecular weight is 641 g/mol. The normalized spacial score (nSPS) is 19.5. The maximum atomic E-state index is 7.01. The van der Waals surface area contributed by atoms with Gasteiger partial charge in [-0.05, 0) is 95.7 Å². The van der Waals surface area contributed by atoms with Gasteiger partial charge in [-0.25, -0.2) is 15.0 Å². The van der Waals surface area contributed by atoms with Crippen molar-refractivity contribution in [3.8, 4) is 17.2 Å². The second kappa shape index (κ2) is 12.6. The molecular formula is C37H41ClN4O4. The topological polar surface area (TPSA) is 80.5 Å². The molecule has 0 unspecified atom stereocenters. The number of benzene rings is 3. The summed E-state index contributed by atoms with van der Waals surface area (Å²) in [7, 11) is 0. The van der Waals surface area contributed by atoms with Crippen LogP contribution in [0, 0.1) is 62.3 Å². The van der Waals surface area contributed by atoms with Crippen LogP contribution >= 0.6 is 11.6 Å². The van der Waals surface area contributed by atoms with E-state index in [2.05, 4.69) is 114 Å². The average Bonchev–Trinajstić information content (AvgIpc) is 3.54. The lowest BCUT2D eigenvalue weighted by Gasteiger charge is -2.29. The van der Waals surface area contributed by atoms with Gasteiger partial charge in [0.25, 0.3) is 0 Å². The Hall–Kier alpha value is -4.14. The van der Waals surface area contributed by atoms with Gasteiger partial charge < -0.3 is 18.9 Å². The van der Waals surface area contributed by atoms with E-state index >= 15 is 0 Å². The molecule has 6 rings (SSSR count). The highest BCUT2D eigenvalue weighted by Gasteiger charge is 2.51. The molecule has 8 nitrogen and oxygen atoms in total. The first-order valence-corrected chi connectivity index (χ1v) is 16.0. The molecule has 0 spiro atoms. The van der Waals surface area contributed by atoms with E-state index in [9.17, 15) is 0 Å². The molecule has 1 saturated heterocycles. The SMILES string of the molecule is Cc1cc(C)c(OC[C@H]2O[C@@H](n3cnc4c(Cl)ncnc43)[C@H](Oc3c(C)cc(C)cc3C)[C@@H]2Oc2c(C)cc(C)cc2C)c(C)c1. The number of halogens is 1. The molecule has 1 fully saturated rings. The van der Waals surface area contributed by atoms with E-state index in [1.807, 2.05) is 4.57 Å². The van der Waals surface area contributed by atoms with Crippen molar-refractivity contribution in [1.82, 2.24) is 19.5 Å². The zero-order valence-electron chi connectivity index (χ0n) is 27.9. The van der Waals surface area contributed by atoms with Crippen LogP contribution in [0.2, 0.25) is 5.15 Å². The molecule has 1 aliphatic rings. The molecule has 2 aromatic heterocycles. The molecule has 0 aliphatic carbocycles. The summed E-state index contributed by atoms with van der Waals surface area (Å²) in [6, 6.07) is 12.8. The minimum atomic E-state index is -0.666. The van der Waals surface area contributed by atoms with Crippen LogP contribution < -0.4 is 14.2 Å². The van der Waals surface area contributed by atoms with Crippen LogP contribution in [0.3, 0.4) is 0 Å². The zero-order valence-corrected chi connectivity index (χ0v) is 28.7. The molecule has 3 aromatic carbocycles. The van der Waals surface area contributed by atoms with Crippen LogP contribution in [0.15, 0.2) is 49.1 Å². The Morgan fingerprint density at radius 3 is 1.65 bits per heavy atom. The summed E-state index contributed by atoms with van der Waals surface area (Å²) >= 11 is 6.43. The van der Waals surface area contributed by atoms with Crippen molar-refractivity contribution in [1.29, 1.82) is 0 Å². The minimum Gasteiger partial charge on any atom is -0.490 e. The standard InChI is InChI=1S/C37H41ClN4O4/c1-19-10-22(4)30(23(5)11-19)43-16-28-33(45-31-24(6)12-20(2)13-25(31)7)34(46-32-26(8)14-21(3)15-27(32)9)37(44-28)42-18-41-29-35(38)39-17-40-36(29)42/h10-15,17-18,28,33-34,37H,16H2,1-9H3/t28-,33-,34-,37-/m1/s1. The van der Waals surface area contributed by atoms with E-state index < -0.39 is 24.5 Å². The number of aryl methyl sites for hydroxylation is 9. The van der Waals surface area contributed by atoms with Crippen LogP contribution in [0.4, 0.5) is 0 Å². The number of fused-ring (bicyclic) bond motifs is 1. The summed E-state index contributed by atoms with van der Waals surface area (Å²) in [4.78, 5) is 13.2. The van der Waals surface area contributed by atoms with Crippen molar-refractivity contribution in [3.63, 3.8) is 0 Å². The Morgan fingerprint density at radius 1 is 0.652 bits per heavy atom. The molecule has 0 saturated carbocycles. The molecule has 0 N–H and O–H groups in total. The lowest BCUT2D eigenvalue weighted by Crippen LogP contribution is -2.43. The maximum absolute atomic E-state index is 7.01. The number of imidazole rings is 1. The Labute approximate surface area is 275 Å². The van der Waals surface area contributed by atoms with E-state index in [0.717, 1.165) is 50.6 Å². The Balaban J connectivity index is 1.48. The first-order valence-electron chi connectivity index (χ1n) is 15.6. The van der Waals surface area contributed by atoms with E-state index in [4.69, 9.17) is 30.5 Å². The van der Waals surface area contributed by atoms with Gasteiger partial charge >= 0.3 is 0 Å². The molecule has 9 heteroatoms. The number of ether oxygens (including phenoxy) is 4. The Bertz CT molecular complexity index is 1870. The van der Waals surface area contributed by atoms with Gasteiger partial charge in [-0.2, -0.15) is 0 Å². The summed E-state index contributed by atoms with van der Waals surface area (Å²) < 4.78 is 29.3. The molecule has 0 bridgehead atoms. The predicted octanol–water partition coefficient (Wildman–Crippen LogP) is 8.13. The summed E-state index contributed by atoms with van der Waals surface area (Å²) in [5.74, 6) is 2.44. The molecule has 240 valence electrons. The van der Waals surface area contributed by atoms with Gasteiger partial charge in [0.15, 0.2) is 29.2 Å². The van der Waals surface area contributed by atoms with Crippen LogP contribution in [0.1, 0.15) is 56.3 Å². The van der Waals surface area contributed by atoms with Crippen LogP contribution in [0.25, 0.3) is 11.2 Å². The van der Waals surface area contributed by atoms with Crippen molar-refractivity contribution >= 4 is 22.8 Å². The fourth-order valence-electron chi connectivity index (χ4n) is 6.88. The van der Waals surface area contributed by atoms with Gasteiger partial charge in [-0.3, -0.25) is 4.57 Å². The largest absolute Gasteiger partial charge is 0.490 e. The second-order valence-corrected chi connectivity index (χ2v) is 13.1. The summed E-state index contributed by atoms with van der Waals surface area (Å²) in [6.45, 7) is 18.9. The first-order chi connectivity index (χ1) is 21.9. The van der Waals surface area contributed by atoms with E-state index in [0.29, 0.717) is 11.2 Å². The van der Waals surface area contributed by atoms with Crippen LogP contribution in [0.5, 0.6) is 17.2 Å². The third-order valence-corrected chi connectivity index (χ3v) is 8.86. The monoisotopic (exact) mass is 640 g/mol. The van der Waals surface area contributed by atoms with Crippen molar-refractivity contribution in [2.24, 2.45) is 0 Å². The highest BCUT2D eigenvalue weighted by Crippen LogP contribution is 2.40. The summed E-state index contributed by atoms with van der Waals surface area (Å²) in [5, 5.41) is 0.272. The van der Waals surface area contributed by atoms with Crippen LogP contribution in [-0.2, 0) is 4.74 Å². The minimum absolute atomic E-state index is 0.240. The fourth-order valence-corrected chi connectivity index (χ4v) is 7.06. The Kier molecular flexibility index (Phi) is 8.70. The molecule has 46 heavy (non-hydrogen) atoms. The van der Waals surface area contributed by atoms with Crippen molar-refractivity contribution < 1.29 is 18.9 Å². The number of rotatable bonds is 8. The third-order valence-electron chi connectivity index (χ3n) is 8.59. The van der Waals surface area contributed by atoms with Gasteiger partial charge in [-0.1, -0.05) is 64.7 Å². The van der Waals surface area contributed by atoms with E-state index in [-0.39, 0.29) is 11.8 Å². The second-order valence-electron chi connectivity index (χ2n) is 12.7. The number of nitrogens with zero attached hydrogens (tertiary/aromatic N) is 4. The summed E-state index contributed by atoms with van der Waals surface area (Å²) in [5.41, 5.74) is 10.9. The van der Waals surface area contributed by atoms with Crippen molar-refractivity contribution in [2.75, 3.05) is 6.61 Å². The van der Waals surface area contributed by atoms with Crippen LogP contribution in [-0.4, -0.2) is 44.4 Å². The van der Waals surface area contributed by atoms with E-state index in [1.54, 1.807) is 6.33 Å². The smallest absolute Gasteiger partial charge is 0.183 e. The number of hydrogen-bond donors (Lipinski definition) is 0. The Morgan fingerprint density at radius 2 is 1.13 bits per heavy atom. The van der Waals surface area contributed by atoms with Crippen molar-refractivity contribution in [2.45, 2.75) is 86.9 Å². The summed E-state index contributed by atoms with van der Waals surface area (Å²) in [6.07, 6.45) is 0.749. The number of aromatic nitrogens is 4. The first kappa shape index (κ1) is 31.8. The van der Waals surface area contributed by atoms with E-state index in [1.165, 1.54) is 23.0 Å². The molecule has 3 heterocycles. The fraction of sp³-hybridized carbons (Fsp3) is 0.378. The molecular weight excluding hydrogens is 600 g/mol. The molecule has 5 aromatic rings. The quantitative estimate of drug-likeness (QED) is 0.158. The lowest BCUT2D eigenvalue weighted by molar-refractivity contribution is -0.0437. The molecule has 4 atom stereocenters. The molecule has 0 radical (unpaired) electrons. The van der Waals surface area contributed by atoms with Crippen molar-refractivity contribution in [3.05, 3.63) is 104 Å². The molecule has 0 amide bonds. The number of hydrogen-bond acceptors (Lipinski definition) is 7. The van der Waals surface area contributed by atoms with Gasteiger partial charge in [0.05, 0.1) is 6.33 Å². The zero-order chi connectivity index (χ0) is 32.9. The third kappa shape index (κ3) is 6.04. The lowest BCUT2D eigenvalue weighted by atomic mass is 10.0. The highest BCUT2D eigenvalue weighted by molar-refractivity contribution is 6.33. The highest BCUT2D eigenvalue weighted by atomic mass is 35.5. The molecule has 1 aliphatic heterocycles. The van der Waals surface area contributed by atoms with Gasteiger partial charge in [0.2, 0.25) is 0 Å². The maximum Gasteiger partial charge on any atom is 0.183 e. The van der Waals surface area contributed by atoms with Gasteiger partial charge in [-0.15, -0.1) is 0 Å². The predicted molar refractivity (Wildman–Crippen MR) is 181 cm³/mol. The van der Waals surface area contributed by atoms with Gasteiger partial charge in [0, 0.05) is 0 Å².